The maximum absolute atomic E-state index is 11.5. The first-order valence-corrected chi connectivity index (χ1v) is 6.54. The molecule has 1 aliphatic heterocycles. The van der Waals surface area contributed by atoms with Crippen LogP contribution in [0.2, 0.25) is 0 Å². The van der Waals surface area contributed by atoms with Crippen LogP contribution in [0.4, 0.5) is 0 Å². The number of ketones is 1. The van der Waals surface area contributed by atoms with Crippen molar-refractivity contribution >= 4 is 17.4 Å². The van der Waals surface area contributed by atoms with Gasteiger partial charge in [0, 0.05) is 23.3 Å². The van der Waals surface area contributed by atoms with Crippen LogP contribution in [0.5, 0.6) is 5.75 Å². The van der Waals surface area contributed by atoms with Crippen molar-refractivity contribution in [3.8, 4) is 5.75 Å². The van der Waals surface area contributed by atoms with Crippen LogP contribution in [0.3, 0.4) is 0 Å². The Kier molecular flexibility index (Phi) is 4.06. The summed E-state index contributed by atoms with van der Waals surface area (Å²) in [4.78, 5) is 11.5. The summed E-state index contributed by atoms with van der Waals surface area (Å²) in [5.41, 5.74) is 1.23. The molecule has 0 N–H and O–H groups in total. The molecule has 17 heavy (non-hydrogen) atoms. The fourth-order valence-electron chi connectivity index (χ4n) is 2.39. The molecule has 2 nitrogen and oxygen atoms in total. The Labute approximate surface area is 107 Å². The Morgan fingerprint density at radius 2 is 2.29 bits per heavy atom. The highest BCUT2D eigenvalue weighted by Crippen LogP contribution is 2.37. The lowest BCUT2D eigenvalue weighted by Gasteiger charge is -2.16. The minimum atomic E-state index is 0.0623. The van der Waals surface area contributed by atoms with E-state index in [2.05, 4.69) is 6.07 Å². The van der Waals surface area contributed by atoms with E-state index < -0.39 is 0 Å². The number of Topliss-reactive ketones (excluding diaryl/α,β-unsaturated/α-hetero) is 1. The third-order valence-corrected chi connectivity index (χ3v) is 3.62. The van der Waals surface area contributed by atoms with E-state index in [1.165, 1.54) is 5.56 Å². The maximum atomic E-state index is 11.5. The standard InChI is InChI=1S/C14H17ClO2/c1-10(16)11(6-7-15)8-12-9-17-14-5-3-2-4-13(12)14/h2-5,11-12H,6-9H2,1H3. The SMILES string of the molecule is CC(=O)C(CCCl)CC1COc2ccccc21. The van der Waals surface area contributed by atoms with Gasteiger partial charge in [0.15, 0.2) is 0 Å². The molecule has 2 unspecified atom stereocenters. The number of hydrogen-bond donors (Lipinski definition) is 0. The molecule has 0 aliphatic carbocycles. The fourth-order valence-corrected chi connectivity index (χ4v) is 2.65. The van der Waals surface area contributed by atoms with E-state index in [1.54, 1.807) is 6.92 Å². The number of alkyl halides is 1. The largest absolute Gasteiger partial charge is 0.493 e. The van der Waals surface area contributed by atoms with Gasteiger partial charge in [0.05, 0.1) is 6.61 Å². The Hall–Kier alpha value is -1.02. The summed E-state index contributed by atoms with van der Waals surface area (Å²) in [6, 6.07) is 8.07. The molecule has 1 heterocycles. The molecule has 92 valence electrons. The maximum Gasteiger partial charge on any atom is 0.132 e. The molecule has 1 aromatic carbocycles. The van der Waals surface area contributed by atoms with Crippen LogP contribution in [0, 0.1) is 5.92 Å². The minimum Gasteiger partial charge on any atom is -0.493 e. The van der Waals surface area contributed by atoms with Crippen LogP contribution in [0.25, 0.3) is 0 Å². The Morgan fingerprint density at radius 3 is 3.00 bits per heavy atom. The number of rotatable bonds is 5. The molecular weight excluding hydrogens is 236 g/mol. The average Bonchev–Trinajstić information content (AvgIpc) is 2.72. The minimum absolute atomic E-state index is 0.0623. The van der Waals surface area contributed by atoms with Gasteiger partial charge < -0.3 is 4.74 Å². The van der Waals surface area contributed by atoms with Gasteiger partial charge in [-0.25, -0.2) is 0 Å². The summed E-state index contributed by atoms with van der Waals surface area (Å²) in [5, 5.41) is 0. The Balaban J connectivity index is 2.07. The number of para-hydroxylation sites is 1. The van der Waals surface area contributed by atoms with E-state index in [-0.39, 0.29) is 11.7 Å². The van der Waals surface area contributed by atoms with Gasteiger partial charge >= 0.3 is 0 Å². The van der Waals surface area contributed by atoms with Gasteiger partial charge in [0.2, 0.25) is 0 Å². The number of fused-ring (bicyclic) bond motifs is 1. The number of halogens is 1. The summed E-state index contributed by atoms with van der Waals surface area (Å²) in [5.74, 6) is 2.13. The first kappa shape index (κ1) is 12.4. The monoisotopic (exact) mass is 252 g/mol. The van der Waals surface area contributed by atoms with Gasteiger partial charge in [-0.1, -0.05) is 18.2 Å². The molecule has 1 aliphatic rings. The Morgan fingerprint density at radius 1 is 1.53 bits per heavy atom. The van der Waals surface area contributed by atoms with Gasteiger partial charge in [-0.3, -0.25) is 4.79 Å². The van der Waals surface area contributed by atoms with Crippen molar-refractivity contribution in [2.45, 2.75) is 25.7 Å². The lowest BCUT2D eigenvalue weighted by atomic mass is 9.87. The second kappa shape index (κ2) is 5.54. The van der Waals surface area contributed by atoms with E-state index >= 15 is 0 Å². The van der Waals surface area contributed by atoms with Crippen molar-refractivity contribution < 1.29 is 9.53 Å². The highest BCUT2D eigenvalue weighted by Gasteiger charge is 2.27. The zero-order valence-corrected chi connectivity index (χ0v) is 10.7. The first-order chi connectivity index (χ1) is 8.22. The lowest BCUT2D eigenvalue weighted by molar-refractivity contribution is -0.121. The van der Waals surface area contributed by atoms with Crippen molar-refractivity contribution in [2.24, 2.45) is 5.92 Å². The molecule has 2 atom stereocenters. The molecule has 2 rings (SSSR count). The fraction of sp³-hybridized carbons (Fsp3) is 0.500. The van der Waals surface area contributed by atoms with Gasteiger partial charge in [-0.05, 0) is 25.8 Å². The summed E-state index contributed by atoms with van der Waals surface area (Å²) >= 11 is 5.74. The normalized spacial score (nSPS) is 19.5. The number of benzene rings is 1. The summed E-state index contributed by atoms with van der Waals surface area (Å²) < 4.78 is 5.63. The van der Waals surface area contributed by atoms with E-state index in [4.69, 9.17) is 16.3 Å². The number of carbonyl (C=O) groups excluding carboxylic acids is 1. The van der Waals surface area contributed by atoms with Crippen LogP contribution in [-0.2, 0) is 4.79 Å². The molecule has 3 heteroatoms. The zero-order valence-electron chi connectivity index (χ0n) is 9.99. The molecule has 0 radical (unpaired) electrons. The first-order valence-electron chi connectivity index (χ1n) is 6.00. The summed E-state index contributed by atoms with van der Waals surface area (Å²) in [6.07, 6.45) is 1.61. The van der Waals surface area contributed by atoms with E-state index in [0.29, 0.717) is 18.4 Å². The third-order valence-electron chi connectivity index (χ3n) is 3.40. The molecule has 0 bridgehead atoms. The van der Waals surface area contributed by atoms with Crippen LogP contribution >= 0.6 is 11.6 Å². The van der Waals surface area contributed by atoms with Crippen LogP contribution in [0.1, 0.15) is 31.2 Å². The predicted octanol–water partition coefficient (Wildman–Crippen LogP) is 3.39. The topological polar surface area (TPSA) is 26.3 Å². The van der Waals surface area contributed by atoms with Crippen molar-refractivity contribution in [3.63, 3.8) is 0 Å². The predicted molar refractivity (Wildman–Crippen MR) is 68.8 cm³/mol. The highest BCUT2D eigenvalue weighted by molar-refractivity contribution is 6.18. The molecule has 0 amide bonds. The average molecular weight is 253 g/mol. The second-order valence-electron chi connectivity index (χ2n) is 4.57. The molecule has 0 fully saturated rings. The highest BCUT2D eigenvalue weighted by atomic mass is 35.5. The second-order valence-corrected chi connectivity index (χ2v) is 4.94. The number of ether oxygens (including phenoxy) is 1. The van der Waals surface area contributed by atoms with Crippen molar-refractivity contribution in [2.75, 3.05) is 12.5 Å². The molecule has 1 aromatic rings. The van der Waals surface area contributed by atoms with E-state index in [0.717, 1.165) is 18.6 Å². The van der Waals surface area contributed by atoms with E-state index in [9.17, 15) is 4.79 Å². The van der Waals surface area contributed by atoms with Crippen molar-refractivity contribution in [3.05, 3.63) is 29.8 Å². The Bertz CT molecular complexity index is 403. The quantitative estimate of drug-likeness (QED) is 0.751. The zero-order chi connectivity index (χ0) is 12.3. The molecule has 0 aromatic heterocycles. The van der Waals surface area contributed by atoms with Gasteiger partial charge in [0.1, 0.15) is 11.5 Å². The molecule has 0 saturated heterocycles. The van der Waals surface area contributed by atoms with Gasteiger partial charge in [0.25, 0.3) is 0 Å². The van der Waals surface area contributed by atoms with Crippen molar-refractivity contribution in [1.82, 2.24) is 0 Å². The molecular formula is C14H17ClO2. The van der Waals surface area contributed by atoms with Gasteiger partial charge in [-0.2, -0.15) is 0 Å². The number of carbonyl (C=O) groups is 1. The van der Waals surface area contributed by atoms with Crippen LogP contribution in [-0.4, -0.2) is 18.3 Å². The smallest absolute Gasteiger partial charge is 0.132 e. The summed E-state index contributed by atoms with van der Waals surface area (Å²) in [6.45, 7) is 2.34. The molecule has 0 spiro atoms. The van der Waals surface area contributed by atoms with E-state index in [1.807, 2.05) is 18.2 Å². The molecule has 0 saturated carbocycles. The van der Waals surface area contributed by atoms with Crippen LogP contribution < -0.4 is 4.74 Å². The van der Waals surface area contributed by atoms with Crippen molar-refractivity contribution in [1.29, 1.82) is 0 Å². The lowest BCUT2D eigenvalue weighted by Crippen LogP contribution is -2.16. The van der Waals surface area contributed by atoms with Crippen LogP contribution in [0.15, 0.2) is 24.3 Å². The van der Waals surface area contributed by atoms with Gasteiger partial charge in [-0.15, -0.1) is 11.6 Å². The third kappa shape index (κ3) is 2.81. The summed E-state index contributed by atoms with van der Waals surface area (Å²) in [7, 11) is 0. The number of hydrogen-bond acceptors (Lipinski definition) is 2.